The fourth-order valence-corrected chi connectivity index (χ4v) is 2.60. The zero-order valence-electron chi connectivity index (χ0n) is 15.4. The van der Waals surface area contributed by atoms with Gasteiger partial charge in [-0.25, -0.2) is 0 Å². The number of nitrogens with one attached hydrogen (secondary N) is 1. The summed E-state index contributed by atoms with van der Waals surface area (Å²) in [5, 5.41) is 11.0. The maximum absolute atomic E-state index is 12.6. The first-order chi connectivity index (χ1) is 12.5. The van der Waals surface area contributed by atoms with Crippen molar-refractivity contribution in [3.63, 3.8) is 0 Å². The standard InChI is InChI=1S/C19H22N4O3/c1-5-23-13(3)17(10-20-23)21-19(24)18-16(14(4)26-22-18)11-25-15-8-6-12(2)7-9-15/h6-10H,5,11H2,1-4H3,(H,21,24). The second-order valence-electron chi connectivity index (χ2n) is 6.08. The Bertz CT molecular complexity index is 910. The molecule has 0 radical (unpaired) electrons. The highest BCUT2D eigenvalue weighted by Crippen LogP contribution is 2.20. The molecule has 0 aliphatic carbocycles. The molecule has 26 heavy (non-hydrogen) atoms. The minimum Gasteiger partial charge on any atom is -0.489 e. The van der Waals surface area contributed by atoms with Crippen LogP contribution in [0.4, 0.5) is 5.69 Å². The van der Waals surface area contributed by atoms with E-state index in [0.717, 1.165) is 23.6 Å². The summed E-state index contributed by atoms with van der Waals surface area (Å²) in [6, 6.07) is 7.72. The molecule has 0 unspecified atom stereocenters. The van der Waals surface area contributed by atoms with Crippen LogP contribution in [-0.4, -0.2) is 20.8 Å². The summed E-state index contributed by atoms with van der Waals surface area (Å²) in [5.74, 6) is 0.939. The molecule has 7 nitrogen and oxygen atoms in total. The van der Waals surface area contributed by atoms with Crippen LogP contribution in [-0.2, 0) is 13.2 Å². The number of anilines is 1. The lowest BCUT2D eigenvalue weighted by Gasteiger charge is -2.08. The first-order valence-electron chi connectivity index (χ1n) is 8.48. The van der Waals surface area contributed by atoms with Crippen LogP contribution in [0.2, 0.25) is 0 Å². The number of benzene rings is 1. The average molecular weight is 354 g/mol. The Morgan fingerprint density at radius 1 is 1.23 bits per heavy atom. The van der Waals surface area contributed by atoms with Gasteiger partial charge in [-0.3, -0.25) is 9.48 Å². The van der Waals surface area contributed by atoms with Gasteiger partial charge in [-0.05, 0) is 39.8 Å². The van der Waals surface area contributed by atoms with Crippen molar-refractivity contribution in [2.75, 3.05) is 5.32 Å². The molecule has 0 aliphatic heterocycles. The Labute approximate surface area is 151 Å². The molecule has 3 aromatic rings. The van der Waals surface area contributed by atoms with Gasteiger partial charge in [0.1, 0.15) is 18.1 Å². The van der Waals surface area contributed by atoms with Crippen LogP contribution in [0.15, 0.2) is 35.0 Å². The lowest BCUT2D eigenvalue weighted by Crippen LogP contribution is -2.16. The van der Waals surface area contributed by atoms with Crippen molar-refractivity contribution in [2.24, 2.45) is 0 Å². The molecule has 0 fully saturated rings. The summed E-state index contributed by atoms with van der Waals surface area (Å²) in [7, 11) is 0. The fraction of sp³-hybridized carbons (Fsp3) is 0.316. The van der Waals surface area contributed by atoms with Crippen molar-refractivity contribution >= 4 is 11.6 Å². The maximum atomic E-state index is 12.6. The van der Waals surface area contributed by atoms with E-state index >= 15 is 0 Å². The van der Waals surface area contributed by atoms with Crippen LogP contribution in [0.1, 0.15) is 40.0 Å². The second-order valence-corrected chi connectivity index (χ2v) is 6.08. The van der Waals surface area contributed by atoms with E-state index in [1.807, 2.05) is 49.7 Å². The molecule has 1 N–H and O–H groups in total. The van der Waals surface area contributed by atoms with Crippen LogP contribution >= 0.6 is 0 Å². The maximum Gasteiger partial charge on any atom is 0.278 e. The number of aryl methyl sites for hydroxylation is 3. The molecule has 0 spiro atoms. The number of carbonyl (C=O) groups is 1. The van der Waals surface area contributed by atoms with Gasteiger partial charge in [0.05, 0.1) is 23.1 Å². The van der Waals surface area contributed by atoms with E-state index in [9.17, 15) is 4.79 Å². The minimum atomic E-state index is -0.344. The van der Waals surface area contributed by atoms with E-state index in [1.165, 1.54) is 0 Å². The molecule has 2 heterocycles. The smallest absolute Gasteiger partial charge is 0.278 e. The summed E-state index contributed by atoms with van der Waals surface area (Å²) < 4.78 is 12.8. The van der Waals surface area contributed by atoms with Crippen LogP contribution in [0.5, 0.6) is 5.75 Å². The summed E-state index contributed by atoms with van der Waals surface area (Å²) in [4.78, 5) is 12.6. The Morgan fingerprint density at radius 2 is 1.96 bits per heavy atom. The molecule has 0 atom stereocenters. The van der Waals surface area contributed by atoms with Crippen molar-refractivity contribution in [3.8, 4) is 5.75 Å². The van der Waals surface area contributed by atoms with E-state index in [0.29, 0.717) is 17.0 Å². The highest BCUT2D eigenvalue weighted by atomic mass is 16.5. The molecule has 136 valence electrons. The van der Waals surface area contributed by atoms with E-state index in [1.54, 1.807) is 13.1 Å². The highest BCUT2D eigenvalue weighted by Gasteiger charge is 2.21. The third kappa shape index (κ3) is 3.61. The molecule has 0 aliphatic rings. The molecule has 1 aromatic carbocycles. The van der Waals surface area contributed by atoms with Crippen molar-refractivity contribution in [1.82, 2.24) is 14.9 Å². The van der Waals surface area contributed by atoms with Crippen molar-refractivity contribution in [3.05, 3.63) is 58.7 Å². The van der Waals surface area contributed by atoms with Gasteiger partial charge in [-0.2, -0.15) is 5.10 Å². The molecule has 0 saturated heterocycles. The van der Waals surface area contributed by atoms with Crippen LogP contribution in [0.3, 0.4) is 0 Å². The minimum absolute atomic E-state index is 0.203. The molecule has 0 saturated carbocycles. The van der Waals surface area contributed by atoms with E-state index in [2.05, 4.69) is 15.6 Å². The van der Waals surface area contributed by atoms with Gasteiger partial charge in [-0.1, -0.05) is 22.9 Å². The number of ether oxygens (including phenoxy) is 1. The molecule has 7 heteroatoms. The average Bonchev–Trinajstić information content (AvgIpc) is 3.17. The first-order valence-corrected chi connectivity index (χ1v) is 8.48. The third-order valence-electron chi connectivity index (χ3n) is 4.25. The summed E-state index contributed by atoms with van der Waals surface area (Å²) in [5.41, 5.74) is 3.55. The Morgan fingerprint density at radius 3 is 2.62 bits per heavy atom. The van der Waals surface area contributed by atoms with Crippen LogP contribution in [0, 0.1) is 20.8 Å². The number of aromatic nitrogens is 3. The Kier molecular flexibility index (Phi) is 5.06. The van der Waals surface area contributed by atoms with Gasteiger partial charge in [0.25, 0.3) is 5.91 Å². The van der Waals surface area contributed by atoms with Gasteiger partial charge in [0.15, 0.2) is 5.69 Å². The molecular formula is C19H22N4O3. The normalized spacial score (nSPS) is 10.8. The number of hydrogen-bond acceptors (Lipinski definition) is 5. The zero-order chi connectivity index (χ0) is 18.7. The molecule has 3 rings (SSSR count). The summed E-state index contributed by atoms with van der Waals surface area (Å²) >= 11 is 0. The lowest BCUT2D eigenvalue weighted by molar-refractivity contribution is 0.101. The fourth-order valence-electron chi connectivity index (χ4n) is 2.60. The van der Waals surface area contributed by atoms with E-state index in [4.69, 9.17) is 9.26 Å². The van der Waals surface area contributed by atoms with Gasteiger partial charge in [0.2, 0.25) is 0 Å². The molecular weight excluding hydrogens is 332 g/mol. The second kappa shape index (κ2) is 7.43. The van der Waals surface area contributed by atoms with Gasteiger partial charge in [0, 0.05) is 6.54 Å². The van der Waals surface area contributed by atoms with Crippen molar-refractivity contribution in [1.29, 1.82) is 0 Å². The SMILES string of the molecule is CCn1ncc(NC(=O)c2noc(C)c2COc2ccc(C)cc2)c1C. The van der Waals surface area contributed by atoms with Crippen LogP contribution in [0.25, 0.3) is 0 Å². The zero-order valence-corrected chi connectivity index (χ0v) is 15.4. The van der Waals surface area contributed by atoms with Gasteiger partial charge >= 0.3 is 0 Å². The lowest BCUT2D eigenvalue weighted by atomic mass is 10.2. The summed E-state index contributed by atoms with van der Waals surface area (Å²) in [6.07, 6.45) is 1.63. The monoisotopic (exact) mass is 354 g/mol. The Hall–Kier alpha value is -3.09. The predicted molar refractivity (Wildman–Crippen MR) is 97.3 cm³/mol. The number of carbonyl (C=O) groups excluding carboxylic acids is 1. The quantitative estimate of drug-likeness (QED) is 0.731. The highest BCUT2D eigenvalue weighted by molar-refractivity contribution is 6.04. The van der Waals surface area contributed by atoms with Gasteiger partial charge < -0.3 is 14.6 Å². The van der Waals surface area contributed by atoms with Crippen LogP contribution < -0.4 is 10.1 Å². The molecule has 2 aromatic heterocycles. The predicted octanol–water partition coefficient (Wildman–Crippen LogP) is 3.65. The molecule has 1 amide bonds. The van der Waals surface area contributed by atoms with Crippen molar-refractivity contribution < 1.29 is 14.1 Å². The van der Waals surface area contributed by atoms with Crippen molar-refractivity contribution in [2.45, 2.75) is 40.8 Å². The summed E-state index contributed by atoms with van der Waals surface area (Å²) in [6.45, 7) is 8.61. The van der Waals surface area contributed by atoms with E-state index in [-0.39, 0.29) is 18.2 Å². The number of hydrogen-bond donors (Lipinski definition) is 1. The molecule has 0 bridgehead atoms. The van der Waals surface area contributed by atoms with Gasteiger partial charge in [-0.15, -0.1) is 0 Å². The van der Waals surface area contributed by atoms with E-state index < -0.39 is 0 Å². The number of rotatable bonds is 6. The first kappa shape index (κ1) is 17.7. The topological polar surface area (TPSA) is 82.2 Å². The number of amides is 1. The Balaban J connectivity index is 1.74. The number of nitrogens with zero attached hydrogens (tertiary/aromatic N) is 3. The third-order valence-corrected chi connectivity index (χ3v) is 4.25. The largest absolute Gasteiger partial charge is 0.489 e.